The molecule has 0 spiro atoms. The number of rotatable bonds is 19. The molecule has 3 aliphatic rings. The van der Waals surface area contributed by atoms with Crippen molar-refractivity contribution in [2.24, 2.45) is 17.8 Å². The minimum atomic E-state index is -0.766. The number of benzene rings is 3. The highest BCUT2D eigenvalue weighted by Crippen LogP contribution is 2.43. The summed E-state index contributed by atoms with van der Waals surface area (Å²) < 4.78 is 38.9. The molecule has 10 atom stereocenters. The molecule has 3 aromatic rings. The third-order valence-electron chi connectivity index (χ3n) is 12.8. The third kappa shape index (κ3) is 9.90. The van der Waals surface area contributed by atoms with Crippen LogP contribution in [0, 0.1) is 17.8 Å². The standard InChI is InChI=1S/C49H65BrO6/c1-8-33(2)28-47-48(52-7)43(32-50)46(56-47)31-45-36(5)34(3)29-42(55-45)25-26-44-35(4)30-41(54-44)20-15-27-53-49(37-16-11-9-12-17-37,38-18-13-10-14-19-38)39-21-23-40(51-6)24-22-39/h9-14,16-19,21-24,33-34,41-48H,4-5,8,15,20,25-32H2,1-3,6-7H3/t33-,34-,41?,42?,43+,44+,45-,46?,47-,48-/m1/s1. The molecular formula is C49H65BrO6. The predicted octanol–water partition coefficient (Wildman–Crippen LogP) is 11.2. The Balaban J connectivity index is 1.04. The first-order valence-electron chi connectivity index (χ1n) is 21.0. The second-order valence-electron chi connectivity index (χ2n) is 16.5. The topological polar surface area (TPSA) is 55.4 Å². The normalized spacial score (nSPS) is 28.8. The maximum atomic E-state index is 7.07. The van der Waals surface area contributed by atoms with Crippen molar-refractivity contribution in [3.8, 4) is 5.75 Å². The van der Waals surface area contributed by atoms with Crippen molar-refractivity contribution in [1.82, 2.24) is 0 Å². The third-order valence-corrected chi connectivity index (χ3v) is 13.5. The number of ether oxygens (including phenoxy) is 6. The van der Waals surface area contributed by atoms with Gasteiger partial charge in [-0.25, -0.2) is 0 Å². The Hall–Kier alpha value is -2.78. The molecule has 6 nitrogen and oxygen atoms in total. The van der Waals surface area contributed by atoms with E-state index >= 15 is 0 Å². The first-order chi connectivity index (χ1) is 27.2. The van der Waals surface area contributed by atoms with E-state index in [2.05, 4.69) is 123 Å². The molecule has 0 N–H and O–H groups in total. The van der Waals surface area contributed by atoms with Gasteiger partial charge in [0.2, 0.25) is 0 Å². The van der Waals surface area contributed by atoms with E-state index in [1.54, 1.807) is 7.11 Å². The average Bonchev–Trinajstić information content (AvgIpc) is 3.76. The summed E-state index contributed by atoms with van der Waals surface area (Å²) in [7, 11) is 3.52. The summed E-state index contributed by atoms with van der Waals surface area (Å²) in [6, 6.07) is 29.3. The van der Waals surface area contributed by atoms with E-state index in [1.807, 2.05) is 19.2 Å². The van der Waals surface area contributed by atoms with Crippen LogP contribution in [0.2, 0.25) is 0 Å². The van der Waals surface area contributed by atoms with Crippen LogP contribution in [-0.2, 0) is 29.3 Å². The molecule has 7 heteroatoms. The quantitative estimate of drug-likeness (QED) is 0.0519. The largest absolute Gasteiger partial charge is 0.497 e. The van der Waals surface area contributed by atoms with Crippen LogP contribution in [0.3, 0.4) is 0 Å². The van der Waals surface area contributed by atoms with Crippen molar-refractivity contribution in [2.45, 2.75) is 127 Å². The van der Waals surface area contributed by atoms with Crippen LogP contribution in [0.15, 0.2) is 109 Å². The average molecular weight is 830 g/mol. The Morgan fingerprint density at radius 2 is 1.45 bits per heavy atom. The van der Waals surface area contributed by atoms with Gasteiger partial charge in [-0.2, -0.15) is 0 Å². The van der Waals surface area contributed by atoms with Gasteiger partial charge in [0, 0.05) is 31.4 Å². The van der Waals surface area contributed by atoms with Gasteiger partial charge in [-0.05, 0) is 96.8 Å². The van der Waals surface area contributed by atoms with Gasteiger partial charge in [-0.1, -0.05) is 129 Å². The lowest BCUT2D eigenvalue weighted by Crippen LogP contribution is -2.38. The highest BCUT2D eigenvalue weighted by Gasteiger charge is 2.46. The van der Waals surface area contributed by atoms with Gasteiger partial charge in [0.1, 0.15) is 11.4 Å². The molecule has 3 fully saturated rings. The van der Waals surface area contributed by atoms with Crippen molar-refractivity contribution < 1.29 is 28.4 Å². The monoisotopic (exact) mass is 828 g/mol. The van der Waals surface area contributed by atoms with Gasteiger partial charge >= 0.3 is 0 Å². The highest BCUT2D eigenvalue weighted by atomic mass is 79.9. The molecular weight excluding hydrogens is 764 g/mol. The van der Waals surface area contributed by atoms with Crippen LogP contribution in [0.1, 0.15) is 95.2 Å². The van der Waals surface area contributed by atoms with Crippen molar-refractivity contribution in [3.63, 3.8) is 0 Å². The van der Waals surface area contributed by atoms with Gasteiger partial charge in [0.25, 0.3) is 0 Å². The fourth-order valence-corrected chi connectivity index (χ4v) is 10.1. The Bertz CT molecular complexity index is 1620. The zero-order valence-electron chi connectivity index (χ0n) is 34.4. The van der Waals surface area contributed by atoms with Crippen LogP contribution >= 0.6 is 15.9 Å². The summed E-state index contributed by atoms with van der Waals surface area (Å²) in [5.74, 6) is 2.10. The summed E-state index contributed by atoms with van der Waals surface area (Å²) in [4.78, 5) is 0. The van der Waals surface area contributed by atoms with E-state index in [0.717, 1.165) is 85.6 Å². The fourth-order valence-electron chi connectivity index (χ4n) is 9.27. The van der Waals surface area contributed by atoms with Crippen LogP contribution in [0.5, 0.6) is 5.75 Å². The molecule has 3 unspecified atom stereocenters. The molecule has 3 aromatic carbocycles. The zero-order chi connectivity index (χ0) is 39.7. The summed E-state index contributed by atoms with van der Waals surface area (Å²) in [5, 5.41) is 0.851. The minimum Gasteiger partial charge on any atom is -0.497 e. The Morgan fingerprint density at radius 3 is 2.05 bits per heavy atom. The molecule has 0 aromatic heterocycles. The lowest BCUT2D eigenvalue weighted by molar-refractivity contribution is -0.0751. The van der Waals surface area contributed by atoms with E-state index < -0.39 is 5.60 Å². The maximum Gasteiger partial charge on any atom is 0.143 e. The first-order valence-corrected chi connectivity index (χ1v) is 22.1. The molecule has 0 bridgehead atoms. The Morgan fingerprint density at radius 1 is 0.804 bits per heavy atom. The molecule has 304 valence electrons. The smallest absolute Gasteiger partial charge is 0.143 e. The van der Waals surface area contributed by atoms with E-state index in [9.17, 15) is 0 Å². The van der Waals surface area contributed by atoms with Gasteiger partial charge in [-0.15, -0.1) is 0 Å². The second kappa shape index (κ2) is 20.3. The molecule has 0 amide bonds. The van der Waals surface area contributed by atoms with Crippen molar-refractivity contribution in [2.75, 3.05) is 26.2 Å². The summed E-state index contributed by atoms with van der Waals surface area (Å²) in [6.07, 6.45) is 9.09. The van der Waals surface area contributed by atoms with Gasteiger partial charge in [0.15, 0.2) is 0 Å². The predicted molar refractivity (Wildman–Crippen MR) is 230 cm³/mol. The van der Waals surface area contributed by atoms with Crippen LogP contribution in [0.25, 0.3) is 0 Å². The number of halogens is 1. The summed E-state index contributed by atoms with van der Waals surface area (Å²) >= 11 is 3.79. The lowest BCUT2D eigenvalue weighted by atomic mass is 9.80. The lowest BCUT2D eigenvalue weighted by Gasteiger charge is -2.38. The molecule has 0 radical (unpaired) electrons. The van der Waals surface area contributed by atoms with E-state index in [4.69, 9.17) is 28.4 Å². The van der Waals surface area contributed by atoms with E-state index in [1.165, 1.54) is 11.1 Å². The first kappa shape index (κ1) is 42.8. The minimum absolute atomic E-state index is 0.0209. The molecule has 6 rings (SSSR count). The van der Waals surface area contributed by atoms with Crippen molar-refractivity contribution in [1.29, 1.82) is 0 Å². The zero-order valence-corrected chi connectivity index (χ0v) is 36.0. The molecule has 3 saturated heterocycles. The second-order valence-corrected chi connectivity index (χ2v) is 17.1. The number of alkyl halides is 1. The molecule has 56 heavy (non-hydrogen) atoms. The summed E-state index contributed by atoms with van der Waals surface area (Å²) in [5.41, 5.74) is 4.87. The number of hydrogen-bond donors (Lipinski definition) is 0. The van der Waals surface area contributed by atoms with E-state index in [0.29, 0.717) is 18.4 Å². The van der Waals surface area contributed by atoms with Crippen molar-refractivity contribution in [3.05, 3.63) is 126 Å². The maximum absolute atomic E-state index is 7.07. The Labute approximate surface area is 345 Å². The summed E-state index contributed by atoms with van der Waals surface area (Å²) in [6.45, 7) is 16.4. The molecule has 0 aliphatic carbocycles. The number of hydrogen-bond acceptors (Lipinski definition) is 6. The Kier molecular flexibility index (Phi) is 15.5. The SMILES string of the molecule is C=C1CC(CCCOC(c2ccccc2)(c2ccccc2)c2ccc(OC)cc2)O[C@H]1CCC1C[C@@H](C)C(=C)[C@@H](CC2O[C@H](C[C@H](C)CC)[C@H](OC)[C@H]2CBr)O1. The van der Waals surface area contributed by atoms with Crippen LogP contribution in [-0.4, -0.2) is 68.9 Å². The number of methoxy groups -OCH3 is 2. The van der Waals surface area contributed by atoms with Gasteiger partial charge < -0.3 is 28.4 Å². The highest BCUT2D eigenvalue weighted by molar-refractivity contribution is 9.09. The van der Waals surface area contributed by atoms with E-state index in [-0.39, 0.29) is 48.6 Å². The van der Waals surface area contributed by atoms with Crippen molar-refractivity contribution >= 4 is 15.9 Å². The van der Waals surface area contributed by atoms with Gasteiger partial charge in [0.05, 0.1) is 49.8 Å². The van der Waals surface area contributed by atoms with Gasteiger partial charge in [-0.3, -0.25) is 0 Å². The van der Waals surface area contributed by atoms with Crippen LogP contribution < -0.4 is 4.74 Å². The van der Waals surface area contributed by atoms with Crippen LogP contribution in [0.4, 0.5) is 0 Å². The fraction of sp³-hybridized carbons (Fsp3) is 0.551. The molecule has 3 heterocycles. The molecule has 0 saturated carbocycles. The molecule has 3 aliphatic heterocycles.